The highest BCUT2D eigenvalue weighted by molar-refractivity contribution is 5.80. The first-order valence-corrected chi connectivity index (χ1v) is 3.62. The van der Waals surface area contributed by atoms with Gasteiger partial charge in [0.2, 0.25) is 0 Å². The van der Waals surface area contributed by atoms with Gasteiger partial charge >= 0.3 is 0 Å². The molecule has 2 nitrogen and oxygen atoms in total. The molecule has 0 unspecified atom stereocenters. The highest BCUT2D eigenvalue weighted by atomic mass is 16.1. The molecule has 0 saturated heterocycles. The summed E-state index contributed by atoms with van der Waals surface area (Å²) in [7, 11) is 0. The number of nitrogens with two attached hydrogens (primary N) is 1. The van der Waals surface area contributed by atoms with E-state index in [0.29, 0.717) is 11.3 Å². The van der Waals surface area contributed by atoms with Crippen LogP contribution in [-0.2, 0) is 6.42 Å². The molecule has 1 rings (SSSR count). The summed E-state index contributed by atoms with van der Waals surface area (Å²) >= 11 is 0. The third kappa shape index (κ3) is 1.40. The van der Waals surface area contributed by atoms with Gasteiger partial charge in [-0.2, -0.15) is 0 Å². The van der Waals surface area contributed by atoms with Crippen LogP contribution in [-0.4, -0.2) is 6.29 Å². The molecular formula is C9H11NO. The van der Waals surface area contributed by atoms with Crippen LogP contribution in [0.15, 0.2) is 18.2 Å². The smallest absolute Gasteiger partial charge is 0.150 e. The average molecular weight is 149 g/mol. The minimum absolute atomic E-state index is 0.701. The Kier molecular flexibility index (Phi) is 2.26. The Morgan fingerprint density at radius 2 is 2.27 bits per heavy atom. The molecule has 0 fully saturated rings. The van der Waals surface area contributed by atoms with Crippen molar-refractivity contribution >= 4 is 12.0 Å². The molecule has 0 spiro atoms. The lowest BCUT2D eigenvalue weighted by molar-refractivity contribution is 0.112. The molecule has 0 atom stereocenters. The zero-order valence-corrected chi connectivity index (χ0v) is 6.50. The van der Waals surface area contributed by atoms with Crippen molar-refractivity contribution in [3.05, 3.63) is 29.3 Å². The van der Waals surface area contributed by atoms with E-state index in [4.69, 9.17) is 5.73 Å². The van der Waals surface area contributed by atoms with E-state index in [9.17, 15) is 4.79 Å². The number of carbonyl (C=O) groups is 1. The number of carbonyl (C=O) groups excluding carboxylic acids is 1. The van der Waals surface area contributed by atoms with Gasteiger partial charge in [-0.3, -0.25) is 4.79 Å². The molecule has 1 aromatic carbocycles. The van der Waals surface area contributed by atoms with Crippen molar-refractivity contribution in [2.75, 3.05) is 5.73 Å². The van der Waals surface area contributed by atoms with Crippen molar-refractivity contribution in [1.82, 2.24) is 0 Å². The topological polar surface area (TPSA) is 43.1 Å². The van der Waals surface area contributed by atoms with Crippen LogP contribution in [0.25, 0.3) is 0 Å². The third-order valence-electron chi connectivity index (χ3n) is 1.73. The molecular weight excluding hydrogens is 138 g/mol. The molecule has 58 valence electrons. The predicted octanol–water partition coefficient (Wildman–Crippen LogP) is 1.64. The maximum Gasteiger partial charge on any atom is 0.150 e. The van der Waals surface area contributed by atoms with Crippen LogP contribution < -0.4 is 5.73 Å². The minimum atomic E-state index is 0.701. The largest absolute Gasteiger partial charge is 0.398 e. The fourth-order valence-electron chi connectivity index (χ4n) is 1.14. The van der Waals surface area contributed by atoms with Crippen molar-refractivity contribution in [1.29, 1.82) is 0 Å². The molecule has 2 N–H and O–H groups in total. The summed E-state index contributed by atoms with van der Waals surface area (Å²) in [6, 6.07) is 5.38. The van der Waals surface area contributed by atoms with Gasteiger partial charge in [0.15, 0.2) is 0 Å². The Morgan fingerprint density at radius 1 is 1.55 bits per heavy atom. The van der Waals surface area contributed by atoms with Crippen LogP contribution in [0.3, 0.4) is 0 Å². The molecule has 0 aliphatic heterocycles. The van der Waals surface area contributed by atoms with Gasteiger partial charge in [0, 0.05) is 11.3 Å². The van der Waals surface area contributed by atoms with Gasteiger partial charge in [0.1, 0.15) is 6.29 Å². The van der Waals surface area contributed by atoms with Crippen molar-refractivity contribution in [2.45, 2.75) is 13.3 Å². The lowest BCUT2D eigenvalue weighted by Gasteiger charge is -2.03. The Morgan fingerprint density at radius 3 is 2.73 bits per heavy atom. The number of nitrogen functional groups attached to an aromatic ring is 1. The number of anilines is 1. The molecule has 0 aromatic heterocycles. The van der Waals surface area contributed by atoms with Gasteiger partial charge in [-0.15, -0.1) is 0 Å². The summed E-state index contributed by atoms with van der Waals surface area (Å²) in [6.45, 7) is 1.98. The maximum absolute atomic E-state index is 10.5. The van der Waals surface area contributed by atoms with Crippen LogP contribution in [0.2, 0.25) is 0 Å². The second kappa shape index (κ2) is 3.19. The van der Waals surface area contributed by atoms with Crippen LogP contribution in [0, 0.1) is 0 Å². The fraction of sp³-hybridized carbons (Fsp3) is 0.222. The SMILES string of the molecule is CCc1c(N)cccc1C=O. The lowest BCUT2D eigenvalue weighted by atomic mass is 10.0. The van der Waals surface area contributed by atoms with Crippen molar-refractivity contribution in [3.8, 4) is 0 Å². The highest BCUT2D eigenvalue weighted by Crippen LogP contribution is 2.15. The second-order valence-electron chi connectivity index (χ2n) is 2.39. The van der Waals surface area contributed by atoms with E-state index in [1.54, 1.807) is 12.1 Å². The summed E-state index contributed by atoms with van der Waals surface area (Å²) in [5, 5.41) is 0. The molecule has 0 radical (unpaired) electrons. The molecule has 1 aromatic rings. The number of hydrogen-bond donors (Lipinski definition) is 1. The Labute approximate surface area is 66.0 Å². The van der Waals surface area contributed by atoms with Crippen LogP contribution in [0.4, 0.5) is 5.69 Å². The number of hydrogen-bond acceptors (Lipinski definition) is 2. The number of benzene rings is 1. The molecule has 0 saturated carbocycles. The Balaban J connectivity index is 3.23. The molecule has 0 heterocycles. The molecule has 2 heteroatoms. The summed E-state index contributed by atoms with van der Waals surface area (Å²) < 4.78 is 0. The van der Waals surface area contributed by atoms with Gasteiger partial charge in [0.25, 0.3) is 0 Å². The molecule has 11 heavy (non-hydrogen) atoms. The normalized spacial score (nSPS) is 9.55. The fourth-order valence-corrected chi connectivity index (χ4v) is 1.14. The second-order valence-corrected chi connectivity index (χ2v) is 2.39. The average Bonchev–Trinajstić information content (AvgIpc) is 2.04. The molecule has 0 bridgehead atoms. The zero-order chi connectivity index (χ0) is 8.27. The van der Waals surface area contributed by atoms with Crippen molar-refractivity contribution in [3.63, 3.8) is 0 Å². The predicted molar refractivity (Wildman–Crippen MR) is 45.6 cm³/mol. The Bertz CT molecular complexity index is 268. The summed E-state index contributed by atoms with van der Waals surface area (Å²) in [5.74, 6) is 0. The van der Waals surface area contributed by atoms with Gasteiger partial charge in [-0.05, 0) is 18.1 Å². The Hall–Kier alpha value is -1.31. The van der Waals surface area contributed by atoms with E-state index in [0.717, 1.165) is 18.3 Å². The van der Waals surface area contributed by atoms with E-state index in [2.05, 4.69) is 0 Å². The van der Waals surface area contributed by atoms with Crippen LogP contribution in [0.1, 0.15) is 22.8 Å². The molecule has 0 amide bonds. The summed E-state index contributed by atoms with van der Waals surface area (Å²) in [5.41, 5.74) is 8.00. The maximum atomic E-state index is 10.5. The minimum Gasteiger partial charge on any atom is -0.398 e. The standard InChI is InChI=1S/C9H11NO/c1-2-8-7(6-11)4-3-5-9(8)10/h3-6H,2,10H2,1H3. The van der Waals surface area contributed by atoms with Gasteiger partial charge in [0.05, 0.1) is 0 Å². The van der Waals surface area contributed by atoms with Crippen molar-refractivity contribution in [2.24, 2.45) is 0 Å². The quantitative estimate of drug-likeness (QED) is 0.513. The van der Waals surface area contributed by atoms with Gasteiger partial charge in [-0.25, -0.2) is 0 Å². The third-order valence-corrected chi connectivity index (χ3v) is 1.73. The first-order valence-electron chi connectivity index (χ1n) is 3.62. The molecule has 0 aliphatic rings. The van der Waals surface area contributed by atoms with E-state index in [1.807, 2.05) is 13.0 Å². The zero-order valence-electron chi connectivity index (χ0n) is 6.50. The lowest BCUT2D eigenvalue weighted by Crippen LogP contribution is -1.97. The summed E-state index contributed by atoms with van der Waals surface area (Å²) in [6.07, 6.45) is 1.65. The monoisotopic (exact) mass is 149 g/mol. The van der Waals surface area contributed by atoms with Gasteiger partial charge < -0.3 is 5.73 Å². The number of rotatable bonds is 2. The van der Waals surface area contributed by atoms with Gasteiger partial charge in [-0.1, -0.05) is 19.1 Å². The van der Waals surface area contributed by atoms with E-state index in [-0.39, 0.29) is 0 Å². The van der Waals surface area contributed by atoms with E-state index in [1.165, 1.54) is 0 Å². The first kappa shape index (κ1) is 7.79. The van der Waals surface area contributed by atoms with E-state index < -0.39 is 0 Å². The van der Waals surface area contributed by atoms with Crippen molar-refractivity contribution < 1.29 is 4.79 Å². The highest BCUT2D eigenvalue weighted by Gasteiger charge is 2.01. The van der Waals surface area contributed by atoms with Crippen LogP contribution >= 0.6 is 0 Å². The number of aldehydes is 1. The first-order chi connectivity index (χ1) is 5.29. The van der Waals surface area contributed by atoms with E-state index >= 15 is 0 Å². The van der Waals surface area contributed by atoms with Crippen LogP contribution in [0.5, 0.6) is 0 Å². The summed E-state index contributed by atoms with van der Waals surface area (Å²) in [4.78, 5) is 10.5. The molecule has 0 aliphatic carbocycles.